The van der Waals surface area contributed by atoms with Gasteiger partial charge in [0.05, 0.1) is 5.69 Å². The average molecular weight is 249 g/mol. The van der Waals surface area contributed by atoms with Gasteiger partial charge in [0.1, 0.15) is 5.69 Å². The summed E-state index contributed by atoms with van der Waals surface area (Å²) in [5, 5.41) is 2.41. The molecule has 1 aliphatic heterocycles. The Morgan fingerprint density at radius 2 is 2.00 bits per heavy atom. The van der Waals surface area contributed by atoms with Crippen LogP contribution >= 0.6 is 0 Å². The standard InChI is InChI=1S/C6H4N2O2.Cd/c9-5-4-3(1-2-7-4)8-6(5)10;/h1-2,7H,(H,8,9,10);. The topological polar surface area (TPSA) is 62.0 Å². The molecule has 0 aromatic carbocycles. The van der Waals surface area contributed by atoms with Gasteiger partial charge in [-0.2, -0.15) is 0 Å². The molecule has 0 bridgehead atoms. The summed E-state index contributed by atoms with van der Waals surface area (Å²) in [5.41, 5.74) is 0.944. The molecule has 5 heteroatoms. The van der Waals surface area contributed by atoms with E-state index in [-0.39, 0.29) is 27.3 Å². The molecule has 11 heavy (non-hydrogen) atoms. The summed E-state index contributed by atoms with van der Waals surface area (Å²) >= 11 is 0. The molecule has 0 atom stereocenters. The first-order valence-electron chi connectivity index (χ1n) is 2.82. The van der Waals surface area contributed by atoms with Crippen LogP contribution in [-0.4, -0.2) is 16.7 Å². The zero-order valence-electron chi connectivity index (χ0n) is 5.68. The zero-order valence-corrected chi connectivity index (χ0v) is 9.71. The Labute approximate surface area is 82.5 Å². The molecule has 2 heterocycles. The SMILES string of the molecule is O=C1Nc2cc[nH]c2C1=O.[Cd]. The number of carbonyl (C=O) groups is 2. The first kappa shape index (κ1) is 8.44. The molecule has 2 rings (SSSR count). The summed E-state index contributed by atoms with van der Waals surface area (Å²) in [4.78, 5) is 24.1. The molecule has 0 spiro atoms. The van der Waals surface area contributed by atoms with E-state index in [4.69, 9.17) is 0 Å². The van der Waals surface area contributed by atoms with Crippen LogP contribution in [0.2, 0.25) is 0 Å². The third-order valence-electron chi connectivity index (χ3n) is 1.43. The van der Waals surface area contributed by atoms with Crippen molar-refractivity contribution in [3.8, 4) is 0 Å². The van der Waals surface area contributed by atoms with Crippen LogP contribution in [0.4, 0.5) is 5.69 Å². The van der Waals surface area contributed by atoms with Crippen molar-refractivity contribution in [2.45, 2.75) is 0 Å². The van der Waals surface area contributed by atoms with Gasteiger partial charge in [-0.05, 0) is 6.07 Å². The average Bonchev–Trinajstić information content (AvgIpc) is 2.41. The molecule has 2 N–H and O–H groups in total. The Morgan fingerprint density at radius 1 is 1.27 bits per heavy atom. The van der Waals surface area contributed by atoms with Crippen molar-refractivity contribution in [1.29, 1.82) is 0 Å². The molecule has 4 nitrogen and oxygen atoms in total. The van der Waals surface area contributed by atoms with Crippen molar-refractivity contribution in [2.24, 2.45) is 0 Å². The number of aromatic nitrogens is 1. The predicted molar refractivity (Wildman–Crippen MR) is 33.8 cm³/mol. The maximum absolute atomic E-state index is 10.8. The number of aromatic amines is 1. The number of ketones is 1. The summed E-state index contributed by atoms with van der Waals surface area (Å²) in [6, 6.07) is 1.65. The Hall–Kier alpha value is -0.658. The van der Waals surface area contributed by atoms with Crippen molar-refractivity contribution < 1.29 is 36.9 Å². The smallest absolute Gasteiger partial charge is 0.298 e. The number of amides is 1. The third-order valence-corrected chi connectivity index (χ3v) is 1.43. The molecule has 0 fully saturated rings. The second-order valence-corrected chi connectivity index (χ2v) is 2.05. The van der Waals surface area contributed by atoms with Gasteiger partial charge in [0, 0.05) is 33.5 Å². The monoisotopic (exact) mass is 250 g/mol. The molecule has 0 aliphatic carbocycles. The fourth-order valence-electron chi connectivity index (χ4n) is 0.954. The van der Waals surface area contributed by atoms with E-state index < -0.39 is 11.7 Å². The fourth-order valence-corrected chi connectivity index (χ4v) is 0.954. The number of rotatable bonds is 0. The van der Waals surface area contributed by atoms with Crippen LogP contribution < -0.4 is 5.32 Å². The first-order chi connectivity index (χ1) is 4.79. The molecule has 1 aromatic heterocycles. The van der Waals surface area contributed by atoms with Crippen LogP contribution in [0, 0.1) is 0 Å². The summed E-state index contributed by atoms with van der Waals surface area (Å²) in [6.07, 6.45) is 1.61. The van der Waals surface area contributed by atoms with Crippen LogP contribution in [0.3, 0.4) is 0 Å². The number of H-pyrrole nitrogens is 1. The Morgan fingerprint density at radius 3 is 2.64 bits per heavy atom. The number of fused-ring (bicyclic) bond motifs is 1. The van der Waals surface area contributed by atoms with Gasteiger partial charge in [-0.25, -0.2) is 0 Å². The molecule has 0 radical (unpaired) electrons. The van der Waals surface area contributed by atoms with Crippen molar-refractivity contribution in [2.75, 3.05) is 5.32 Å². The van der Waals surface area contributed by atoms with Gasteiger partial charge < -0.3 is 10.3 Å². The fraction of sp³-hybridized carbons (Fsp3) is 0. The predicted octanol–water partition coefficient (Wildman–Crippen LogP) is 0.147. The number of Topliss-reactive ketones (excluding diaryl/α,β-unsaturated/α-hetero) is 1. The van der Waals surface area contributed by atoms with E-state index in [1.54, 1.807) is 12.3 Å². The molecular weight excluding hydrogens is 244 g/mol. The van der Waals surface area contributed by atoms with E-state index in [0.717, 1.165) is 0 Å². The zero-order chi connectivity index (χ0) is 7.14. The van der Waals surface area contributed by atoms with Crippen molar-refractivity contribution >= 4 is 17.4 Å². The van der Waals surface area contributed by atoms with Crippen LogP contribution in [0.1, 0.15) is 10.5 Å². The molecule has 0 saturated carbocycles. The van der Waals surface area contributed by atoms with E-state index in [1.807, 2.05) is 0 Å². The Balaban J connectivity index is 0.000000605. The van der Waals surface area contributed by atoms with Crippen LogP contribution in [0.25, 0.3) is 0 Å². The largest absolute Gasteiger partial charge is 0.357 e. The number of nitrogens with one attached hydrogen (secondary N) is 2. The third kappa shape index (κ3) is 1.11. The maximum atomic E-state index is 10.8. The van der Waals surface area contributed by atoms with Crippen LogP contribution in [0.5, 0.6) is 0 Å². The van der Waals surface area contributed by atoms with Gasteiger partial charge in [-0.1, -0.05) is 0 Å². The van der Waals surface area contributed by atoms with Gasteiger partial charge in [-0.3, -0.25) is 9.59 Å². The van der Waals surface area contributed by atoms with Crippen molar-refractivity contribution in [3.63, 3.8) is 0 Å². The van der Waals surface area contributed by atoms with Crippen LogP contribution in [0.15, 0.2) is 12.3 Å². The quantitative estimate of drug-likeness (QED) is 0.507. The minimum Gasteiger partial charge on any atom is -0.357 e. The number of hydrogen-bond acceptors (Lipinski definition) is 2. The van der Waals surface area contributed by atoms with Gasteiger partial charge in [0.15, 0.2) is 0 Å². The number of carbonyl (C=O) groups excluding carboxylic acids is 2. The van der Waals surface area contributed by atoms with Gasteiger partial charge in [0.25, 0.3) is 11.7 Å². The number of hydrogen-bond donors (Lipinski definition) is 2. The van der Waals surface area contributed by atoms with E-state index in [2.05, 4.69) is 10.3 Å². The minimum atomic E-state index is -0.554. The molecule has 1 amide bonds. The Bertz CT molecular complexity index is 318. The molecular formula is C6H4CdN2O2. The second kappa shape index (κ2) is 2.76. The van der Waals surface area contributed by atoms with Crippen LogP contribution in [-0.2, 0) is 32.1 Å². The molecule has 1 aliphatic rings. The molecule has 1 aromatic rings. The van der Waals surface area contributed by atoms with E-state index in [9.17, 15) is 9.59 Å². The normalized spacial score (nSPS) is 13.8. The molecule has 52 valence electrons. The van der Waals surface area contributed by atoms with Gasteiger partial charge in [-0.15, -0.1) is 0 Å². The Kier molecular flexibility index (Phi) is 2.12. The number of anilines is 1. The molecule has 0 saturated heterocycles. The minimum absolute atomic E-state index is 0. The maximum Gasteiger partial charge on any atom is 0.298 e. The summed E-state index contributed by atoms with van der Waals surface area (Å²) in [5.74, 6) is -1.04. The van der Waals surface area contributed by atoms with E-state index in [0.29, 0.717) is 11.4 Å². The summed E-state index contributed by atoms with van der Waals surface area (Å²) < 4.78 is 0. The first-order valence-corrected chi connectivity index (χ1v) is 2.82. The van der Waals surface area contributed by atoms with Gasteiger partial charge in [0.2, 0.25) is 0 Å². The van der Waals surface area contributed by atoms with E-state index >= 15 is 0 Å². The second-order valence-electron chi connectivity index (χ2n) is 2.05. The van der Waals surface area contributed by atoms with E-state index in [1.165, 1.54) is 0 Å². The summed E-state index contributed by atoms with van der Waals surface area (Å²) in [6.45, 7) is 0. The molecule has 0 unspecified atom stereocenters. The van der Waals surface area contributed by atoms with Crippen molar-refractivity contribution in [1.82, 2.24) is 4.98 Å². The summed E-state index contributed by atoms with van der Waals surface area (Å²) in [7, 11) is 0. The van der Waals surface area contributed by atoms with Gasteiger partial charge >= 0.3 is 0 Å². The van der Waals surface area contributed by atoms with Crippen molar-refractivity contribution in [3.05, 3.63) is 18.0 Å².